The van der Waals surface area contributed by atoms with Gasteiger partial charge >= 0.3 is 0 Å². The lowest BCUT2D eigenvalue weighted by Gasteiger charge is -2.29. The van der Waals surface area contributed by atoms with Crippen LogP contribution >= 0.6 is 11.8 Å². The first-order chi connectivity index (χ1) is 14.0. The highest BCUT2D eigenvalue weighted by Crippen LogP contribution is 2.41. The van der Waals surface area contributed by atoms with Gasteiger partial charge in [-0.05, 0) is 62.4 Å². The van der Waals surface area contributed by atoms with Crippen LogP contribution in [0, 0.1) is 12.8 Å². The molecule has 4 heteroatoms. The molecule has 152 valence electrons. The zero-order valence-electron chi connectivity index (χ0n) is 17.6. The highest BCUT2D eigenvalue weighted by molar-refractivity contribution is 7.99. The number of hydrogen-bond acceptors (Lipinski definition) is 3. The van der Waals surface area contributed by atoms with Crippen LogP contribution in [0.3, 0.4) is 0 Å². The number of aryl methyl sites for hydroxylation is 1. The number of benzene rings is 2. The summed E-state index contributed by atoms with van der Waals surface area (Å²) in [5, 5.41) is 3.27. The number of nitrogens with one attached hydrogen (secondary N) is 1. The van der Waals surface area contributed by atoms with Crippen LogP contribution in [0.15, 0.2) is 51.2 Å². The summed E-state index contributed by atoms with van der Waals surface area (Å²) in [5.41, 5.74) is 5.23. The fourth-order valence-corrected chi connectivity index (χ4v) is 5.33. The second kappa shape index (κ2) is 8.74. The Morgan fingerprint density at radius 2 is 1.93 bits per heavy atom. The fourth-order valence-electron chi connectivity index (χ4n) is 4.32. The van der Waals surface area contributed by atoms with Gasteiger partial charge in [0.25, 0.3) is 5.91 Å². The van der Waals surface area contributed by atoms with E-state index >= 15 is 0 Å². The van der Waals surface area contributed by atoms with Gasteiger partial charge in [0, 0.05) is 32.7 Å². The number of carbonyl (C=O) groups excluding carboxylic acids is 1. The average molecular weight is 407 g/mol. The SMILES string of the molecule is CCCC1=Nc2cc(C(=O)N[C@H]3CCCC[C@H]3C)ccc2Sc2ccc(C)cc21. The minimum absolute atomic E-state index is 0.0291. The van der Waals surface area contributed by atoms with E-state index in [1.807, 2.05) is 12.1 Å². The summed E-state index contributed by atoms with van der Waals surface area (Å²) in [6.07, 6.45) is 6.75. The predicted octanol–water partition coefficient (Wildman–Crippen LogP) is 6.69. The van der Waals surface area contributed by atoms with E-state index < -0.39 is 0 Å². The van der Waals surface area contributed by atoms with Crippen LogP contribution in [0.5, 0.6) is 0 Å². The molecule has 1 aliphatic heterocycles. The van der Waals surface area contributed by atoms with E-state index in [-0.39, 0.29) is 11.9 Å². The molecule has 0 spiro atoms. The lowest BCUT2D eigenvalue weighted by molar-refractivity contribution is 0.0910. The first kappa shape index (κ1) is 20.2. The summed E-state index contributed by atoms with van der Waals surface area (Å²) < 4.78 is 0. The van der Waals surface area contributed by atoms with Gasteiger partial charge in [-0.1, -0.05) is 56.5 Å². The molecule has 0 aromatic heterocycles. The average Bonchev–Trinajstić information content (AvgIpc) is 2.86. The van der Waals surface area contributed by atoms with Crippen molar-refractivity contribution in [2.45, 2.75) is 75.1 Å². The van der Waals surface area contributed by atoms with E-state index in [1.165, 1.54) is 35.3 Å². The van der Waals surface area contributed by atoms with Gasteiger partial charge in [0.2, 0.25) is 0 Å². The Morgan fingerprint density at radius 3 is 2.72 bits per heavy atom. The summed E-state index contributed by atoms with van der Waals surface area (Å²) in [4.78, 5) is 20.3. The lowest BCUT2D eigenvalue weighted by Crippen LogP contribution is -2.41. The maximum Gasteiger partial charge on any atom is 0.251 e. The maximum absolute atomic E-state index is 12.9. The van der Waals surface area contributed by atoms with Crippen molar-refractivity contribution in [3.05, 3.63) is 53.1 Å². The van der Waals surface area contributed by atoms with Gasteiger partial charge in [-0.3, -0.25) is 9.79 Å². The van der Waals surface area contributed by atoms with Crippen molar-refractivity contribution in [3.63, 3.8) is 0 Å². The molecule has 2 aromatic rings. The third-order valence-electron chi connectivity index (χ3n) is 6.06. The third kappa shape index (κ3) is 4.42. The fraction of sp³-hybridized carbons (Fsp3) is 0.440. The molecule has 2 aromatic carbocycles. The second-order valence-corrected chi connectivity index (χ2v) is 9.52. The first-order valence-electron chi connectivity index (χ1n) is 10.9. The van der Waals surface area contributed by atoms with Crippen molar-refractivity contribution in [1.82, 2.24) is 5.32 Å². The second-order valence-electron chi connectivity index (χ2n) is 8.43. The zero-order chi connectivity index (χ0) is 20.4. The Morgan fingerprint density at radius 1 is 1.14 bits per heavy atom. The minimum Gasteiger partial charge on any atom is -0.349 e. The molecule has 4 rings (SSSR count). The number of amides is 1. The van der Waals surface area contributed by atoms with Crippen molar-refractivity contribution >= 4 is 29.1 Å². The van der Waals surface area contributed by atoms with Gasteiger partial charge in [0.05, 0.1) is 5.69 Å². The first-order valence-corrected chi connectivity index (χ1v) is 11.7. The number of rotatable bonds is 4. The number of nitrogens with zero attached hydrogens (tertiary/aromatic N) is 1. The summed E-state index contributed by atoms with van der Waals surface area (Å²) in [6.45, 7) is 6.56. The molecule has 0 unspecified atom stereocenters. The molecule has 1 N–H and O–H groups in total. The van der Waals surface area contributed by atoms with Crippen molar-refractivity contribution in [3.8, 4) is 0 Å². The largest absolute Gasteiger partial charge is 0.349 e. The molecule has 2 aliphatic rings. The molecule has 2 atom stereocenters. The van der Waals surface area contributed by atoms with Gasteiger partial charge in [-0.2, -0.15) is 0 Å². The number of aliphatic imine (C=N–C) groups is 1. The summed E-state index contributed by atoms with van der Waals surface area (Å²) >= 11 is 1.75. The minimum atomic E-state index is 0.0291. The molecule has 0 bridgehead atoms. The molecule has 0 saturated heterocycles. The Kier molecular flexibility index (Phi) is 6.09. The molecular formula is C25H30N2OS. The van der Waals surface area contributed by atoms with Gasteiger partial charge in [-0.15, -0.1) is 0 Å². The quantitative estimate of drug-likeness (QED) is 0.614. The van der Waals surface area contributed by atoms with Crippen LogP contribution < -0.4 is 5.32 Å². The van der Waals surface area contributed by atoms with E-state index in [0.29, 0.717) is 11.5 Å². The Hall–Kier alpha value is -2.07. The Labute approximate surface area is 178 Å². The molecule has 0 radical (unpaired) electrons. The Balaban J connectivity index is 1.65. The van der Waals surface area contributed by atoms with Crippen LogP contribution in [-0.2, 0) is 0 Å². The highest BCUT2D eigenvalue weighted by Gasteiger charge is 2.24. The summed E-state index contributed by atoms with van der Waals surface area (Å²) in [6, 6.07) is 12.9. The molecule has 1 aliphatic carbocycles. The molecule has 3 nitrogen and oxygen atoms in total. The van der Waals surface area contributed by atoms with E-state index in [0.717, 1.165) is 35.6 Å². The summed E-state index contributed by atoms with van der Waals surface area (Å²) in [5.74, 6) is 0.581. The van der Waals surface area contributed by atoms with Crippen LogP contribution in [-0.4, -0.2) is 17.7 Å². The smallest absolute Gasteiger partial charge is 0.251 e. The van der Waals surface area contributed by atoms with Crippen LogP contribution in [0.2, 0.25) is 0 Å². The van der Waals surface area contributed by atoms with Crippen LogP contribution in [0.25, 0.3) is 0 Å². The monoisotopic (exact) mass is 406 g/mol. The predicted molar refractivity (Wildman–Crippen MR) is 122 cm³/mol. The van der Waals surface area contributed by atoms with Crippen LogP contribution in [0.4, 0.5) is 5.69 Å². The van der Waals surface area contributed by atoms with E-state index in [4.69, 9.17) is 4.99 Å². The van der Waals surface area contributed by atoms with Crippen molar-refractivity contribution < 1.29 is 4.79 Å². The van der Waals surface area contributed by atoms with Gasteiger partial charge < -0.3 is 5.32 Å². The van der Waals surface area contributed by atoms with Crippen LogP contribution in [0.1, 0.15) is 73.9 Å². The van der Waals surface area contributed by atoms with Crippen molar-refractivity contribution in [2.75, 3.05) is 0 Å². The topological polar surface area (TPSA) is 41.5 Å². The number of hydrogen-bond donors (Lipinski definition) is 1. The number of fused-ring (bicyclic) bond motifs is 2. The Bertz CT molecular complexity index is 950. The molecule has 1 fully saturated rings. The lowest BCUT2D eigenvalue weighted by atomic mass is 9.86. The van der Waals surface area contributed by atoms with Gasteiger partial charge in [-0.25, -0.2) is 0 Å². The molecular weight excluding hydrogens is 376 g/mol. The zero-order valence-corrected chi connectivity index (χ0v) is 18.4. The van der Waals surface area contributed by atoms with E-state index in [9.17, 15) is 4.79 Å². The standard InChI is InChI=1S/C25H30N2OS/c1-4-7-21-19-14-16(2)10-12-23(19)29-24-13-11-18(15-22(24)26-21)25(28)27-20-9-6-5-8-17(20)3/h10-15,17,20H,4-9H2,1-3H3,(H,27,28)/t17-,20+/m1/s1. The van der Waals surface area contributed by atoms with Gasteiger partial charge in [0.15, 0.2) is 0 Å². The van der Waals surface area contributed by atoms with E-state index in [2.05, 4.69) is 50.4 Å². The maximum atomic E-state index is 12.9. The highest BCUT2D eigenvalue weighted by atomic mass is 32.2. The van der Waals surface area contributed by atoms with Crippen molar-refractivity contribution in [2.24, 2.45) is 10.9 Å². The van der Waals surface area contributed by atoms with Crippen molar-refractivity contribution in [1.29, 1.82) is 0 Å². The molecule has 29 heavy (non-hydrogen) atoms. The van der Waals surface area contributed by atoms with E-state index in [1.54, 1.807) is 11.8 Å². The normalized spacial score (nSPS) is 20.9. The molecule has 1 saturated carbocycles. The number of carbonyl (C=O) groups is 1. The summed E-state index contributed by atoms with van der Waals surface area (Å²) in [7, 11) is 0. The van der Waals surface area contributed by atoms with Gasteiger partial charge in [0.1, 0.15) is 0 Å². The molecule has 1 amide bonds. The third-order valence-corrected chi connectivity index (χ3v) is 7.20. The molecule has 1 heterocycles.